The molecule has 0 saturated carbocycles. The summed E-state index contributed by atoms with van der Waals surface area (Å²) < 4.78 is 0. The molecule has 0 aliphatic rings. The molecule has 0 aromatic rings. The fourth-order valence-electron chi connectivity index (χ4n) is 8.58. The molecule has 0 aromatic heterocycles. The first kappa shape index (κ1) is 65.1. The first-order chi connectivity index (χ1) is 32.6. The van der Waals surface area contributed by atoms with E-state index in [2.05, 4.69) is 5.32 Å². The lowest BCUT2D eigenvalue weighted by Gasteiger charge is -2.59. The Morgan fingerprint density at radius 2 is 1.06 bits per heavy atom. The fraction of sp³-hybridized carbons (Fsp3) is 0.698. The number of carboxylic acids is 4. The summed E-state index contributed by atoms with van der Waals surface area (Å²) >= 11 is 0. The van der Waals surface area contributed by atoms with Gasteiger partial charge in [0.15, 0.2) is 34.7 Å². The van der Waals surface area contributed by atoms with Crippen LogP contribution in [0.1, 0.15) is 92.9 Å². The van der Waals surface area contributed by atoms with Gasteiger partial charge >= 0.3 is 23.9 Å². The highest BCUT2D eigenvalue weighted by atomic mass is 16.4. The van der Waals surface area contributed by atoms with Gasteiger partial charge in [-0.3, -0.25) is 62.4 Å². The minimum absolute atomic E-state index is 0.0629. The minimum atomic E-state index is -4.78. The number of nitrogens with one attached hydrogen (secondary N) is 1. The predicted octanol–water partition coefficient (Wildman–Crippen LogP) is -5.78. The third-order valence-electron chi connectivity index (χ3n) is 12.4. The van der Waals surface area contributed by atoms with Gasteiger partial charge in [0.05, 0.1) is 73.1 Å². The first-order valence-electron chi connectivity index (χ1n) is 22.6. The number of rotatable bonds is 35. The summed E-state index contributed by atoms with van der Waals surface area (Å²) in [6, 6.07) is -15.6. The number of nitrogens with zero attached hydrogens (tertiary/aromatic N) is 1. The summed E-state index contributed by atoms with van der Waals surface area (Å²) in [5.74, 6) is -31.6. The zero-order valence-electron chi connectivity index (χ0n) is 40.8. The molecule has 11 unspecified atom stereocenters. The maximum atomic E-state index is 16.1. The maximum Gasteiger partial charge on any atom is 0.339 e. The molecular formula is C43H73N11O17. The van der Waals surface area contributed by atoms with Crippen molar-refractivity contribution in [3.8, 4) is 0 Å². The minimum Gasteiger partial charge on any atom is -0.481 e. The Balaban J connectivity index is 10.7. The Morgan fingerprint density at radius 3 is 1.45 bits per heavy atom. The highest BCUT2D eigenvalue weighted by Crippen LogP contribution is 2.59. The first-order valence-corrected chi connectivity index (χ1v) is 22.6. The molecule has 0 rings (SSSR count). The number of hydrogen-bond acceptors (Lipinski definition) is 22. The number of Topliss-reactive ketones (excluding diaryl/α,β-unsaturated/α-hetero) is 6. The van der Waals surface area contributed by atoms with Crippen LogP contribution in [0.25, 0.3) is 0 Å². The molecule has 0 aliphatic carbocycles. The molecule has 402 valence electrons. The van der Waals surface area contributed by atoms with E-state index in [0.29, 0.717) is 13.3 Å². The molecule has 0 spiro atoms. The van der Waals surface area contributed by atoms with Crippen molar-refractivity contribution in [2.24, 2.45) is 80.2 Å². The van der Waals surface area contributed by atoms with Gasteiger partial charge in [-0.1, -0.05) is 34.1 Å². The van der Waals surface area contributed by atoms with E-state index in [9.17, 15) is 54.0 Å². The number of carbonyl (C=O) groups excluding carboxylic acids is 9. The van der Waals surface area contributed by atoms with Gasteiger partial charge in [0.1, 0.15) is 5.41 Å². The van der Waals surface area contributed by atoms with Gasteiger partial charge in [-0.05, 0) is 57.9 Å². The molecule has 0 aromatic carbocycles. The Labute approximate surface area is 409 Å². The molecule has 23 N–H and O–H groups in total. The van der Waals surface area contributed by atoms with Gasteiger partial charge < -0.3 is 77.3 Å². The number of hydrogen-bond donors (Lipinski definition) is 14. The van der Waals surface area contributed by atoms with Crippen LogP contribution in [0.4, 0.5) is 0 Å². The number of ketones is 6. The Kier molecular flexibility index (Phi) is 25.4. The number of carboxylic acid groups (broad SMARTS) is 4. The third-order valence-corrected chi connectivity index (χ3v) is 12.4. The van der Waals surface area contributed by atoms with Gasteiger partial charge in [0.25, 0.3) is 0 Å². The van der Waals surface area contributed by atoms with Gasteiger partial charge in [-0.15, -0.1) is 0 Å². The molecule has 11 atom stereocenters. The van der Waals surface area contributed by atoms with Crippen LogP contribution in [0.15, 0.2) is 0 Å². The van der Waals surface area contributed by atoms with E-state index in [1.165, 1.54) is 27.7 Å². The molecule has 0 heterocycles. The van der Waals surface area contributed by atoms with E-state index < -0.39 is 203 Å². The largest absolute Gasteiger partial charge is 0.481 e. The average molecular weight is 1020 g/mol. The SMILES string of the molecule is CC(N)C(=O)N(C(=O)C(N)CCC(=O)O)C(C(=O)O)(C(=O)CN)C(C(=O)CN)(C(=O)C(N)C(C)C)C(C)(C(=O)C(N)CCC(=O)O)C(C(=O)C(N)CC(=O)O)C(=O)C(NC(=O)C(N)CCCCN)C(C)C. The van der Waals surface area contributed by atoms with E-state index in [1.807, 2.05) is 0 Å². The van der Waals surface area contributed by atoms with Gasteiger partial charge in [0, 0.05) is 12.8 Å². The van der Waals surface area contributed by atoms with Crippen LogP contribution in [0, 0.1) is 28.6 Å². The van der Waals surface area contributed by atoms with E-state index in [1.54, 1.807) is 0 Å². The number of unbranched alkanes of at least 4 members (excludes halogenated alkanes) is 1. The molecular weight excluding hydrogens is 943 g/mol. The van der Waals surface area contributed by atoms with E-state index in [0.717, 1.165) is 6.92 Å². The second-order valence-corrected chi connectivity index (χ2v) is 18.2. The molecule has 0 aliphatic heterocycles. The topological polar surface area (TPSA) is 552 Å². The highest BCUT2D eigenvalue weighted by Gasteiger charge is 2.83. The van der Waals surface area contributed by atoms with E-state index >= 15 is 28.8 Å². The van der Waals surface area contributed by atoms with Crippen molar-refractivity contribution in [2.45, 2.75) is 141 Å². The van der Waals surface area contributed by atoms with Crippen LogP contribution >= 0.6 is 0 Å². The average Bonchev–Trinajstić information content (AvgIpc) is 3.29. The Bertz CT molecular complexity index is 2050. The van der Waals surface area contributed by atoms with Crippen molar-refractivity contribution in [1.82, 2.24) is 10.2 Å². The Hall–Kier alpha value is -5.85. The van der Waals surface area contributed by atoms with E-state index in [-0.39, 0.29) is 19.4 Å². The smallest absolute Gasteiger partial charge is 0.339 e. The number of carbonyl (C=O) groups is 13. The standard InChI is InChI=1S/C43H73N11O17/c1-18(2)31(52)36(66)42(25(55)16-45,43(40(70)71,26(56)17-46)54(38(68)20(5)47)39(69)23(50)11-13-28(59)60)41(6,35(65)21(48)10-12-27(57)58)30(33(63)24(51)15-29(61)62)34(64)32(19(3)4)53-37(67)22(49)9-7-8-14-44/h18-24,30-32H,7-17,44-52H2,1-6H3,(H,53,67)(H,57,58)(H,59,60)(H,61,62)(H,70,71). The van der Waals surface area contributed by atoms with Gasteiger partial charge in [-0.25, -0.2) is 4.79 Å². The fourth-order valence-corrected chi connectivity index (χ4v) is 8.58. The quantitative estimate of drug-likeness (QED) is 0.0208. The van der Waals surface area contributed by atoms with Crippen molar-refractivity contribution in [2.75, 3.05) is 19.6 Å². The molecule has 28 heteroatoms. The van der Waals surface area contributed by atoms with Crippen LogP contribution in [0.3, 0.4) is 0 Å². The lowest BCUT2D eigenvalue weighted by Crippen LogP contribution is -2.86. The summed E-state index contributed by atoms with van der Waals surface area (Å²) in [4.78, 5) is 188. The maximum absolute atomic E-state index is 16.1. The van der Waals surface area contributed by atoms with Crippen LogP contribution in [-0.2, 0) is 62.3 Å². The van der Waals surface area contributed by atoms with Crippen molar-refractivity contribution in [3.63, 3.8) is 0 Å². The van der Waals surface area contributed by atoms with Gasteiger partial charge in [-0.2, -0.15) is 0 Å². The molecule has 3 amide bonds. The summed E-state index contributed by atoms with van der Waals surface area (Å²) in [5.41, 5.74) is 41.1. The zero-order chi connectivity index (χ0) is 55.8. The molecule has 0 radical (unpaired) electrons. The number of imide groups is 1. The third kappa shape index (κ3) is 14.0. The van der Waals surface area contributed by atoms with Crippen molar-refractivity contribution < 1.29 is 82.8 Å². The van der Waals surface area contributed by atoms with Crippen LogP contribution in [0.5, 0.6) is 0 Å². The summed E-state index contributed by atoms with van der Waals surface area (Å²) in [6.45, 7) is 2.67. The monoisotopic (exact) mass is 1020 g/mol. The highest BCUT2D eigenvalue weighted by molar-refractivity contribution is 6.31. The van der Waals surface area contributed by atoms with E-state index in [4.69, 9.17) is 51.6 Å². The lowest BCUT2D eigenvalue weighted by atomic mass is 9.41. The van der Waals surface area contributed by atoms with Crippen LogP contribution in [0.2, 0.25) is 0 Å². The number of nitrogens with two attached hydrogens (primary N) is 9. The normalized spacial score (nSPS) is 17.5. The van der Waals surface area contributed by atoms with Crippen molar-refractivity contribution in [1.29, 1.82) is 0 Å². The second kappa shape index (κ2) is 27.7. The zero-order valence-corrected chi connectivity index (χ0v) is 40.8. The van der Waals surface area contributed by atoms with Crippen LogP contribution in [-0.4, -0.2) is 169 Å². The molecule has 28 nitrogen and oxygen atoms in total. The Morgan fingerprint density at radius 1 is 0.563 bits per heavy atom. The van der Waals surface area contributed by atoms with Crippen molar-refractivity contribution >= 4 is 76.3 Å². The second-order valence-electron chi connectivity index (χ2n) is 18.2. The number of amides is 3. The van der Waals surface area contributed by atoms with Gasteiger partial charge in [0.2, 0.25) is 23.3 Å². The summed E-state index contributed by atoms with van der Waals surface area (Å²) in [6.07, 6.45) is -5.01. The van der Waals surface area contributed by atoms with Crippen molar-refractivity contribution in [3.05, 3.63) is 0 Å². The lowest BCUT2D eigenvalue weighted by molar-refractivity contribution is -0.201. The molecule has 0 fully saturated rings. The molecule has 71 heavy (non-hydrogen) atoms. The van der Waals surface area contributed by atoms with Crippen LogP contribution < -0.4 is 56.9 Å². The summed E-state index contributed by atoms with van der Waals surface area (Å²) in [7, 11) is 0. The number of aliphatic carboxylic acids is 4. The molecule has 0 bridgehead atoms. The predicted molar refractivity (Wildman–Crippen MR) is 248 cm³/mol. The summed E-state index contributed by atoms with van der Waals surface area (Å²) in [5, 5.41) is 43.2. The molecule has 0 saturated heterocycles.